The van der Waals surface area contributed by atoms with Gasteiger partial charge in [-0.05, 0) is 23.6 Å². The number of carbonyl (C=O) groups excluding carboxylic acids is 1. The first-order valence-corrected chi connectivity index (χ1v) is 6.88. The maximum absolute atomic E-state index is 11.1. The highest BCUT2D eigenvalue weighted by Gasteiger charge is 2.22. The Bertz CT molecular complexity index is 631. The highest BCUT2D eigenvalue weighted by molar-refractivity contribution is 5.87. The van der Waals surface area contributed by atoms with Gasteiger partial charge in [-0.3, -0.25) is 4.79 Å². The van der Waals surface area contributed by atoms with Gasteiger partial charge in [0.25, 0.3) is 0 Å². The molecule has 0 aliphatic rings. The van der Waals surface area contributed by atoms with Gasteiger partial charge in [0, 0.05) is 0 Å². The van der Waals surface area contributed by atoms with E-state index >= 15 is 0 Å². The molecule has 0 saturated heterocycles. The van der Waals surface area contributed by atoms with Gasteiger partial charge in [0.15, 0.2) is 6.29 Å². The Morgan fingerprint density at radius 2 is 2.05 bits per heavy atom. The molecular formula is C16H18N2O3. The molecule has 0 radical (unpaired) electrons. The Morgan fingerprint density at radius 3 is 2.57 bits per heavy atom. The van der Waals surface area contributed by atoms with Crippen molar-refractivity contribution in [1.29, 1.82) is 0 Å². The van der Waals surface area contributed by atoms with Crippen LogP contribution in [0.25, 0.3) is 0 Å². The minimum Gasteiger partial charge on any atom is -0.478 e. The third kappa shape index (κ3) is 3.02. The van der Waals surface area contributed by atoms with Crippen LogP contribution >= 0.6 is 0 Å². The smallest absolute Gasteiger partial charge is 0.335 e. The van der Waals surface area contributed by atoms with Gasteiger partial charge in [-0.2, -0.15) is 0 Å². The van der Waals surface area contributed by atoms with Crippen molar-refractivity contribution in [2.75, 3.05) is 0 Å². The molecule has 0 saturated carbocycles. The predicted octanol–water partition coefficient (Wildman–Crippen LogP) is 3.03. The van der Waals surface area contributed by atoms with E-state index in [1.54, 1.807) is 30.6 Å². The van der Waals surface area contributed by atoms with Crippen LogP contribution in [0.3, 0.4) is 0 Å². The van der Waals surface area contributed by atoms with Gasteiger partial charge in [-0.1, -0.05) is 32.4 Å². The molecule has 0 aliphatic carbocycles. The Balaban J connectivity index is 2.45. The standard InChI is InChI=1S/C16H18N2O3/c1-3-11(2)15(18-10-17-8-14(18)9-19)12-4-6-13(7-5-12)16(20)21/h4-11,15H,3H2,1-2H3,(H,20,21)/t11-,15-/m1/s1. The first-order chi connectivity index (χ1) is 10.1. The third-order valence-electron chi connectivity index (χ3n) is 3.80. The quantitative estimate of drug-likeness (QED) is 0.828. The number of aromatic nitrogens is 2. The van der Waals surface area contributed by atoms with Crippen LogP contribution in [0.15, 0.2) is 36.8 Å². The molecule has 0 spiro atoms. The second-order valence-electron chi connectivity index (χ2n) is 5.10. The van der Waals surface area contributed by atoms with Gasteiger partial charge < -0.3 is 9.67 Å². The van der Waals surface area contributed by atoms with E-state index in [1.807, 2.05) is 4.57 Å². The predicted molar refractivity (Wildman–Crippen MR) is 78.6 cm³/mol. The normalized spacial score (nSPS) is 13.6. The van der Waals surface area contributed by atoms with Crippen molar-refractivity contribution in [3.05, 3.63) is 53.6 Å². The molecule has 1 heterocycles. The number of carboxylic acid groups (broad SMARTS) is 1. The maximum atomic E-state index is 11.1. The van der Waals surface area contributed by atoms with Crippen molar-refractivity contribution >= 4 is 12.3 Å². The first kappa shape index (κ1) is 15.0. The maximum Gasteiger partial charge on any atom is 0.335 e. The van der Waals surface area contributed by atoms with Crippen LogP contribution in [0.1, 0.15) is 52.7 Å². The highest BCUT2D eigenvalue weighted by atomic mass is 16.4. The number of hydrogen-bond donors (Lipinski definition) is 1. The van der Waals surface area contributed by atoms with Crippen molar-refractivity contribution in [2.45, 2.75) is 26.3 Å². The van der Waals surface area contributed by atoms with Crippen molar-refractivity contribution in [3.63, 3.8) is 0 Å². The van der Waals surface area contributed by atoms with E-state index in [0.29, 0.717) is 5.69 Å². The van der Waals surface area contributed by atoms with Gasteiger partial charge in [0.05, 0.1) is 24.1 Å². The monoisotopic (exact) mass is 286 g/mol. The van der Waals surface area contributed by atoms with Crippen LogP contribution < -0.4 is 0 Å². The fourth-order valence-corrected chi connectivity index (χ4v) is 2.45. The SMILES string of the molecule is CC[C@@H](C)[C@H](c1ccc(C(=O)O)cc1)n1cncc1C=O. The lowest BCUT2D eigenvalue weighted by Crippen LogP contribution is -2.19. The minimum absolute atomic E-state index is 0.0412. The molecule has 0 aliphatic heterocycles. The number of rotatable bonds is 6. The van der Waals surface area contributed by atoms with Crippen molar-refractivity contribution in [2.24, 2.45) is 5.92 Å². The summed E-state index contributed by atoms with van der Waals surface area (Å²) in [6.45, 7) is 4.19. The summed E-state index contributed by atoms with van der Waals surface area (Å²) in [5.74, 6) is -0.661. The number of carboxylic acids is 1. The lowest BCUT2D eigenvalue weighted by atomic mass is 9.91. The first-order valence-electron chi connectivity index (χ1n) is 6.88. The van der Waals surface area contributed by atoms with E-state index < -0.39 is 5.97 Å². The van der Waals surface area contributed by atoms with Gasteiger partial charge in [-0.25, -0.2) is 9.78 Å². The van der Waals surface area contributed by atoms with Crippen molar-refractivity contribution < 1.29 is 14.7 Å². The van der Waals surface area contributed by atoms with Crippen LogP contribution in [0, 0.1) is 5.92 Å². The molecule has 0 unspecified atom stereocenters. The van der Waals surface area contributed by atoms with E-state index in [-0.39, 0.29) is 17.5 Å². The minimum atomic E-state index is -0.946. The second-order valence-corrected chi connectivity index (χ2v) is 5.10. The molecule has 0 fully saturated rings. The fourth-order valence-electron chi connectivity index (χ4n) is 2.45. The van der Waals surface area contributed by atoms with Crippen LogP contribution in [0.5, 0.6) is 0 Å². The summed E-state index contributed by atoms with van der Waals surface area (Å²) in [5.41, 5.74) is 1.74. The van der Waals surface area contributed by atoms with E-state index in [0.717, 1.165) is 18.3 Å². The van der Waals surface area contributed by atoms with Crippen molar-refractivity contribution in [1.82, 2.24) is 9.55 Å². The zero-order chi connectivity index (χ0) is 15.4. The number of hydrogen-bond acceptors (Lipinski definition) is 3. The summed E-state index contributed by atoms with van der Waals surface area (Å²) in [4.78, 5) is 26.1. The second kappa shape index (κ2) is 6.35. The summed E-state index contributed by atoms with van der Waals surface area (Å²) >= 11 is 0. The average molecular weight is 286 g/mol. The van der Waals surface area contributed by atoms with E-state index in [1.165, 1.54) is 6.20 Å². The molecule has 21 heavy (non-hydrogen) atoms. The van der Waals surface area contributed by atoms with Crippen molar-refractivity contribution in [3.8, 4) is 0 Å². The zero-order valence-electron chi connectivity index (χ0n) is 12.1. The summed E-state index contributed by atoms with van der Waals surface area (Å²) in [5, 5.41) is 8.97. The van der Waals surface area contributed by atoms with Crippen LogP contribution in [-0.4, -0.2) is 26.9 Å². The van der Waals surface area contributed by atoms with E-state index in [2.05, 4.69) is 18.8 Å². The van der Waals surface area contributed by atoms with Crippen LogP contribution in [0.4, 0.5) is 0 Å². The molecule has 5 nitrogen and oxygen atoms in total. The zero-order valence-corrected chi connectivity index (χ0v) is 12.1. The summed E-state index contributed by atoms with van der Waals surface area (Å²) in [6.07, 6.45) is 4.90. The largest absolute Gasteiger partial charge is 0.478 e. The van der Waals surface area contributed by atoms with Crippen LogP contribution in [0.2, 0.25) is 0 Å². The summed E-state index contributed by atoms with van der Waals surface area (Å²) in [6, 6.07) is 6.74. The Kier molecular flexibility index (Phi) is 4.52. The number of aromatic carboxylic acids is 1. The molecule has 110 valence electrons. The number of aldehydes is 1. The molecule has 1 aromatic carbocycles. The molecule has 1 aromatic heterocycles. The summed E-state index contributed by atoms with van der Waals surface area (Å²) < 4.78 is 1.84. The molecule has 5 heteroatoms. The molecule has 0 amide bonds. The van der Waals surface area contributed by atoms with E-state index in [9.17, 15) is 9.59 Å². The van der Waals surface area contributed by atoms with Gasteiger partial charge in [0.1, 0.15) is 5.69 Å². The lowest BCUT2D eigenvalue weighted by Gasteiger charge is -2.26. The molecule has 2 atom stereocenters. The fraction of sp³-hybridized carbons (Fsp3) is 0.312. The lowest BCUT2D eigenvalue weighted by molar-refractivity contribution is 0.0696. The van der Waals surface area contributed by atoms with Gasteiger partial charge in [-0.15, -0.1) is 0 Å². The molecule has 1 N–H and O–H groups in total. The topological polar surface area (TPSA) is 72.2 Å². The Hall–Kier alpha value is -2.43. The molecular weight excluding hydrogens is 268 g/mol. The highest BCUT2D eigenvalue weighted by Crippen LogP contribution is 2.29. The third-order valence-corrected chi connectivity index (χ3v) is 3.80. The van der Waals surface area contributed by atoms with Crippen LogP contribution in [-0.2, 0) is 0 Å². The molecule has 0 bridgehead atoms. The number of benzene rings is 1. The number of imidazole rings is 1. The summed E-state index contributed by atoms with van der Waals surface area (Å²) in [7, 11) is 0. The van der Waals surface area contributed by atoms with Gasteiger partial charge >= 0.3 is 5.97 Å². The van der Waals surface area contributed by atoms with E-state index in [4.69, 9.17) is 5.11 Å². The molecule has 2 aromatic rings. The Morgan fingerprint density at radius 1 is 1.38 bits per heavy atom. The average Bonchev–Trinajstić information content (AvgIpc) is 2.96. The number of nitrogens with zero attached hydrogens (tertiary/aromatic N) is 2. The van der Waals surface area contributed by atoms with Gasteiger partial charge in [0.2, 0.25) is 0 Å². The molecule has 2 rings (SSSR count). The number of carbonyl (C=O) groups is 2. The Labute approximate surface area is 123 Å².